The van der Waals surface area contributed by atoms with Crippen molar-refractivity contribution in [3.05, 3.63) is 113 Å². The average Bonchev–Trinajstić information content (AvgIpc) is 3.11. The number of hydrogen-bond donors (Lipinski definition) is 8. The van der Waals surface area contributed by atoms with E-state index in [1.807, 2.05) is 55.5 Å². The van der Waals surface area contributed by atoms with E-state index in [0.29, 0.717) is 36.2 Å². The summed E-state index contributed by atoms with van der Waals surface area (Å²) < 4.78 is 10.3. The zero-order valence-electron chi connectivity index (χ0n) is 28.5. The number of nitrogens with one attached hydrogen (secondary N) is 3. The lowest BCUT2D eigenvalue weighted by atomic mass is 10.0. The molecule has 4 atom stereocenters. The number of phenols is 2. The zero-order chi connectivity index (χ0) is 35.8. The van der Waals surface area contributed by atoms with Gasteiger partial charge in [-0.15, -0.1) is 0 Å². The van der Waals surface area contributed by atoms with E-state index < -0.39 is 12.2 Å². The Morgan fingerprint density at radius 3 is 1.55 bits per heavy atom. The topological polar surface area (TPSA) is 173 Å². The highest BCUT2D eigenvalue weighted by atomic mass is 16.5. The molecule has 0 radical (unpaired) electrons. The van der Waals surface area contributed by atoms with E-state index in [-0.39, 0.29) is 35.9 Å². The molecule has 264 valence electrons. The third kappa shape index (κ3) is 12.7. The van der Waals surface area contributed by atoms with Crippen molar-refractivity contribution in [3.8, 4) is 23.0 Å². The van der Waals surface area contributed by atoms with E-state index in [9.17, 15) is 30.3 Å². The normalized spacial score (nSPS) is 13.3. The summed E-state index contributed by atoms with van der Waals surface area (Å²) in [5, 5.41) is 58.0. The van der Waals surface area contributed by atoms with Gasteiger partial charge < -0.3 is 51.0 Å². The molecule has 1 amide bonds. The summed E-state index contributed by atoms with van der Waals surface area (Å²) in [6, 6.07) is 25.6. The first-order valence-corrected chi connectivity index (χ1v) is 16.1. The molecule has 0 aliphatic rings. The molecule has 0 heterocycles. The van der Waals surface area contributed by atoms with E-state index in [1.165, 1.54) is 23.3 Å². The van der Waals surface area contributed by atoms with Crippen LogP contribution in [0.1, 0.15) is 53.9 Å². The molecule has 0 aliphatic carbocycles. The Morgan fingerprint density at radius 2 is 1.12 bits per heavy atom. The van der Waals surface area contributed by atoms with Crippen molar-refractivity contribution in [1.29, 1.82) is 0 Å². The second-order valence-corrected chi connectivity index (χ2v) is 11.8. The van der Waals surface area contributed by atoms with Gasteiger partial charge in [0.25, 0.3) is 0 Å². The molecule has 4 aromatic carbocycles. The molecule has 0 fully saturated rings. The van der Waals surface area contributed by atoms with Gasteiger partial charge in [0.1, 0.15) is 23.0 Å². The predicted octanol–water partition coefficient (Wildman–Crippen LogP) is 4.37. The van der Waals surface area contributed by atoms with Crippen LogP contribution in [-0.2, 0) is 24.2 Å². The van der Waals surface area contributed by atoms with Crippen LogP contribution in [0.25, 0.3) is 0 Å². The highest BCUT2D eigenvalue weighted by molar-refractivity contribution is 5.75. The van der Waals surface area contributed by atoms with Gasteiger partial charge >= 0.3 is 0 Å². The van der Waals surface area contributed by atoms with Crippen LogP contribution in [0.15, 0.2) is 84.9 Å². The van der Waals surface area contributed by atoms with Crippen LogP contribution in [0.2, 0.25) is 0 Å². The highest BCUT2D eigenvalue weighted by Crippen LogP contribution is 2.27. The maximum Gasteiger partial charge on any atom is 0.211 e. The molecule has 11 heteroatoms. The molecule has 49 heavy (non-hydrogen) atoms. The van der Waals surface area contributed by atoms with Crippen molar-refractivity contribution >= 4 is 12.1 Å². The number of carbonyl (C=O) groups excluding carboxylic acids is 1. The quantitative estimate of drug-likeness (QED) is 0.0594. The second-order valence-electron chi connectivity index (χ2n) is 11.8. The number of aliphatic hydroxyl groups is 3. The van der Waals surface area contributed by atoms with Crippen molar-refractivity contribution in [1.82, 2.24) is 10.6 Å². The number of carbonyl (C=O) groups is 1. The number of ether oxygens (including phenoxy) is 2. The molecule has 4 rings (SSSR count). The van der Waals surface area contributed by atoms with E-state index in [4.69, 9.17) is 9.47 Å². The van der Waals surface area contributed by atoms with Crippen LogP contribution >= 0.6 is 0 Å². The fourth-order valence-corrected chi connectivity index (χ4v) is 5.12. The average molecular weight is 676 g/mol. The largest absolute Gasteiger partial charge is 0.508 e. The Kier molecular flexibility index (Phi) is 15.8. The fourth-order valence-electron chi connectivity index (χ4n) is 5.12. The lowest BCUT2D eigenvalue weighted by molar-refractivity contribution is -0.105. The molecule has 0 bridgehead atoms. The fraction of sp³-hybridized carbons (Fsp3) is 0.342. The molecule has 0 saturated carbocycles. The van der Waals surface area contributed by atoms with Gasteiger partial charge in [0.15, 0.2) is 0 Å². The maximum atomic E-state index is 10.5. The van der Waals surface area contributed by atoms with Gasteiger partial charge in [-0.05, 0) is 97.5 Å². The summed E-state index contributed by atoms with van der Waals surface area (Å²) in [6.07, 6.45) is 0.707. The predicted molar refractivity (Wildman–Crippen MR) is 190 cm³/mol. The summed E-state index contributed by atoms with van der Waals surface area (Å²) >= 11 is 0. The van der Waals surface area contributed by atoms with Gasteiger partial charge in [-0.1, -0.05) is 36.4 Å². The minimum absolute atomic E-state index is 0.0364. The number of amides is 1. The van der Waals surface area contributed by atoms with Crippen LogP contribution in [0.5, 0.6) is 23.0 Å². The van der Waals surface area contributed by atoms with Crippen molar-refractivity contribution < 1.29 is 39.8 Å². The van der Waals surface area contributed by atoms with E-state index >= 15 is 0 Å². The molecule has 0 aromatic heterocycles. The van der Waals surface area contributed by atoms with Crippen molar-refractivity contribution in [2.75, 3.05) is 32.6 Å². The first kappa shape index (κ1) is 38.8. The number of rotatable bonds is 17. The molecule has 0 saturated heterocycles. The maximum absolute atomic E-state index is 10.5. The number of benzene rings is 4. The minimum Gasteiger partial charge on any atom is -0.508 e. The lowest BCUT2D eigenvalue weighted by Crippen LogP contribution is -2.32. The monoisotopic (exact) mass is 675 g/mol. The zero-order valence-corrected chi connectivity index (χ0v) is 28.5. The van der Waals surface area contributed by atoms with Crippen LogP contribution in [0, 0.1) is 0 Å². The Balaban J connectivity index is 0.000000266. The Labute approximate surface area is 288 Å². The molecule has 4 aromatic rings. The summed E-state index contributed by atoms with van der Waals surface area (Å²) in [6.45, 7) is 4.61. The number of anilines is 1. The van der Waals surface area contributed by atoms with Gasteiger partial charge in [0.05, 0.1) is 38.7 Å². The van der Waals surface area contributed by atoms with Crippen LogP contribution in [0.3, 0.4) is 0 Å². The van der Waals surface area contributed by atoms with Gasteiger partial charge in [0, 0.05) is 30.7 Å². The molecule has 0 spiro atoms. The van der Waals surface area contributed by atoms with Crippen LogP contribution in [-0.4, -0.2) is 71.3 Å². The van der Waals surface area contributed by atoms with E-state index in [2.05, 4.69) is 22.9 Å². The molecule has 0 aliphatic heterocycles. The van der Waals surface area contributed by atoms with Crippen LogP contribution < -0.4 is 25.4 Å². The summed E-state index contributed by atoms with van der Waals surface area (Å²) in [5.41, 5.74) is 4.35. The van der Waals surface area contributed by atoms with Gasteiger partial charge in [-0.25, -0.2) is 0 Å². The summed E-state index contributed by atoms with van der Waals surface area (Å²) in [5.74, 6) is 1.66. The second kappa shape index (κ2) is 20.0. The summed E-state index contributed by atoms with van der Waals surface area (Å²) in [4.78, 5) is 10.5. The minimum atomic E-state index is -0.744. The third-order valence-electron chi connectivity index (χ3n) is 8.00. The SMILES string of the molecule is COc1ccc(CC(C)NCC(O)c2ccc(O)c(CO)c2)cc1.COc1ccc(C[C@@H](C)NC[C@H](O)c2ccc(O)c(NC=O)c2)cc1. The first-order chi connectivity index (χ1) is 23.6. The molecular formula is C38H49N3O8. The first-order valence-electron chi connectivity index (χ1n) is 16.1. The number of aliphatic hydroxyl groups excluding tert-OH is 3. The lowest BCUT2D eigenvalue weighted by Gasteiger charge is -2.18. The van der Waals surface area contributed by atoms with Crippen molar-refractivity contribution in [3.63, 3.8) is 0 Å². The molecular weight excluding hydrogens is 626 g/mol. The van der Waals surface area contributed by atoms with Crippen LogP contribution in [0.4, 0.5) is 5.69 Å². The number of phenolic OH excluding ortho intramolecular Hbond substituents is 1. The van der Waals surface area contributed by atoms with E-state index in [1.54, 1.807) is 38.5 Å². The van der Waals surface area contributed by atoms with E-state index in [0.717, 1.165) is 24.3 Å². The number of aromatic hydroxyl groups is 2. The molecule has 2 unspecified atom stereocenters. The number of hydrogen-bond acceptors (Lipinski definition) is 10. The standard InChI is InChI=1S/C19H24N2O4.C19H25NO4/c1-13(9-14-3-6-16(25-2)7-4-14)20-11-19(24)15-5-8-18(23)17(10-15)21-12-22;1-13(9-14-3-6-17(24-2)7-4-14)20-11-19(23)15-5-8-18(22)16(10-15)12-21/h3-8,10,12-13,19-20,23-24H,9,11H2,1-2H3,(H,21,22);3-8,10,13,19-23H,9,11-12H2,1-2H3/t13-,19+;/m1./s1. The Hall–Kier alpha value is -4.65. The Morgan fingerprint density at radius 1 is 0.673 bits per heavy atom. The third-order valence-corrected chi connectivity index (χ3v) is 8.00. The van der Waals surface area contributed by atoms with Gasteiger partial charge in [-0.3, -0.25) is 4.79 Å². The number of methoxy groups -OCH3 is 2. The molecule has 8 N–H and O–H groups in total. The summed E-state index contributed by atoms with van der Waals surface area (Å²) in [7, 11) is 3.28. The van der Waals surface area contributed by atoms with Gasteiger partial charge in [-0.2, -0.15) is 0 Å². The Bertz CT molecular complexity index is 1570. The van der Waals surface area contributed by atoms with Crippen molar-refractivity contribution in [2.24, 2.45) is 0 Å². The van der Waals surface area contributed by atoms with Crippen molar-refractivity contribution in [2.45, 2.75) is 57.6 Å². The van der Waals surface area contributed by atoms with Gasteiger partial charge in [0.2, 0.25) is 6.41 Å². The smallest absolute Gasteiger partial charge is 0.211 e. The highest BCUT2D eigenvalue weighted by Gasteiger charge is 2.14. The molecule has 11 nitrogen and oxygen atoms in total.